The van der Waals surface area contributed by atoms with Gasteiger partial charge in [0.25, 0.3) is 0 Å². The molecule has 1 saturated heterocycles. The van der Waals surface area contributed by atoms with E-state index < -0.39 is 0 Å². The Hall–Kier alpha value is -0.550. The third-order valence-corrected chi connectivity index (χ3v) is 3.20. The van der Waals surface area contributed by atoms with Gasteiger partial charge in [-0.15, -0.1) is 0 Å². The maximum atomic E-state index is 5.96. The van der Waals surface area contributed by atoms with E-state index in [9.17, 15) is 0 Å². The Kier molecular flexibility index (Phi) is 3.01. The van der Waals surface area contributed by atoms with E-state index >= 15 is 0 Å². The van der Waals surface area contributed by atoms with Crippen molar-refractivity contribution < 1.29 is 0 Å². The first-order chi connectivity index (χ1) is 7.39. The van der Waals surface area contributed by atoms with Crippen LogP contribution in [0.15, 0.2) is 18.2 Å². The molecule has 0 aromatic heterocycles. The lowest BCUT2D eigenvalue weighted by atomic mass is 10.3. The molecule has 1 heterocycles. The standard InChI is InChI=1S/C10H11Cl2N3S/c1-10(2)13-9(16)15(14-10)6-3-4-7(11)8(12)5-6/h3-5,14H,1-2H3,(H,13,16). The van der Waals surface area contributed by atoms with Gasteiger partial charge in [-0.2, -0.15) is 0 Å². The van der Waals surface area contributed by atoms with Gasteiger partial charge < -0.3 is 5.32 Å². The van der Waals surface area contributed by atoms with Gasteiger partial charge in [-0.3, -0.25) is 0 Å². The molecule has 0 unspecified atom stereocenters. The molecule has 2 rings (SSSR count). The number of benzene rings is 1. The molecular weight excluding hydrogens is 265 g/mol. The minimum absolute atomic E-state index is 0.261. The summed E-state index contributed by atoms with van der Waals surface area (Å²) in [4.78, 5) is 0. The van der Waals surface area contributed by atoms with Gasteiger partial charge in [-0.1, -0.05) is 23.2 Å². The van der Waals surface area contributed by atoms with Crippen LogP contribution in [0.4, 0.5) is 5.69 Å². The van der Waals surface area contributed by atoms with Gasteiger partial charge in [-0.25, -0.2) is 10.4 Å². The van der Waals surface area contributed by atoms with Crippen molar-refractivity contribution in [3.8, 4) is 0 Å². The van der Waals surface area contributed by atoms with Crippen LogP contribution in [-0.2, 0) is 0 Å². The van der Waals surface area contributed by atoms with Crippen LogP contribution in [0.5, 0.6) is 0 Å². The molecule has 0 bridgehead atoms. The summed E-state index contributed by atoms with van der Waals surface area (Å²) in [5.41, 5.74) is 3.82. The van der Waals surface area contributed by atoms with Gasteiger partial charge in [0, 0.05) is 0 Å². The molecule has 0 radical (unpaired) electrons. The number of thiocarbonyl (C=S) groups is 1. The number of hydrazine groups is 1. The Bertz CT molecular complexity index is 448. The normalized spacial score (nSPS) is 18.8. The maximum absolute atomic E-state index is 5.96. The van der Waals surface area contributed by atoms with Crippen LogP contribution >= 0.6 is 35.4 Å². The SMILES string of the molecule is CC1(C)NC(=S)N(c2ccc(Cl)c(Cl)c2)N1. The average molecular weight is 276 g/mol. The molecule has 0 amide bonds. The number of nitrogens with zero attached hydrogens (tertiary/aromatic N) is 1. The monoisotopic (exact) mass is 275 g/mol. The van der Waals surface area contributed by atoms with Crippen LogP contribution in [0, 0.1) is 0 Å². The van der Waals surface area contributed by atoms with Crippen LogP contribution < -0.4 is 15.8 Å². The topological polar surface area (TPSA) is 27.3 Å². The lowest BCUT2D eigenvalue weighted by Gasteiger charge is -2.21. The Morgan fingerprint density at radius 3 is 2.44 bits per heavy atom. The van der Waals surface area contributed by atoms with E-state index in [0.717, 1.165) is 5.69 Å². The number of halogens is 2. The van der Waals surface area contributed by atoms with Gasteiger partial charge in [0.1, 0.15) is 5.66 Å². The predicted octanol–water partition coefficient (Wildman–Crippen LogP) is 2.93. The third-order valence-electron chi connectivity index (χ3n) is 2.18. The quantitative estimate of drug-likeness (QED) is 0.771. The van der Waals surface area contributed by atoms with Crippen molar-refractivity contribution in [3.63, 3.8) is 0 Å². The summed E-state index contributed by atoms with van der Waals surface area (Å²) >= 11 is 17.0. The zero-order valence-corrected chi connectivity index (χ0v) is 11.2. The Morgan fingerprint density at radius 1 is 1.25 bits per heavy atom. The van der Waals surface area contributed by atoms with Crippen molar-refractivity contribution in [3.05, 3.63) is 28.2 Å². The minimum atomic E-state index is -0.261. The van der Waals surface area contributed by atoms with Crippen molar-refractivity contribution >= 4 is 46.2 Å². The lowest BCUT2D eigenvalue weighted by Crippen LogP contribution is -2.45. The number of hydrogen-bond donors (Lipinski definition) is 2. The first kappa shape index (κ1) is 11.9. The molecule has 3 nitrogen and oxygen atoms in total. The van der Waals surface area contributed by atoms with Crippen molar-refractivity contribution in [2.45, 2.75) is 19.5 Å². The molecule has 86 valence electrons. The zero-order valence-electron chi connectivity index (χ0n) is 8.84. The molecule has 0 atom stereocenters. The minimum Gasteiger partial charge on any atom is -0.342 e. The van der Waals surface area contributed by atoms with E-state index in [0.29, 0.717) is 15.2 Å². The number of nitrogens with one attached hydrogen (secondary N) is 2. The van der Waals surface area contributed by atoms with Crippen LogP contribution in [0.2, 0.25) is 10.0 Å². The fourth-order valence-corrected chi connectivity index (χ4v) is 2.19. The summed E-state index contributed by atoms with van der Waals surface area (Å²) in [5.74, 6) is 0. The predicted molar refractivity (Wildman–Crippen MR) is 71.9 cm³/mol. The van der Waals surface area contributed by atoms with Crippen LogP contribution in [-0.4, -0.2) is 10.8 Å². The second kappa shape index (κ2) is 4.04. The largest absolute Gasteiger partial charge is 0.342 e. The first-order valence-electron chi connectivity index (χ1n) is 4.74. The van der Waals surface area contributed by atoms with Crippen molar-refractivity contribution in [2.24, 2.45) is 0 Å². The van der Waals surface area contributed by atoms with Crippen LogP contribution in [0.1, 0.15) is 13.8 Å². The molecule has 1 aliphatic rings. The number of anilines is 1. The molecule has 1 fully saturated rings. The summed E-state index contributed by atoms with van der Waals surface area (Å²) < 4.78 is 0. The molecule has 1 aromatic rings. The lowest BCUT2D eigenvalue weighted by molar-refractivity contribution is 0.415. The molecule has 16 heavy (non-hydrogen) atoms. The zero-order chi connectivity index (χ0) is 11.9. The van der Waals surface area contributed by atoms with Crippen molar-refractivity contribution in [2.75, 3.05) is 5.01 Å². The van der Waals surface area contributed by atoms with Gasteiger partial charge in [-0.05, 0) is 44.3 Å². The van der Waals surface area contributed by atoms with E-state index in [2.05, 4.69) is 10.7 Å². The van der Waals surface area contributed by atoms with E-state index in [-0.39, 0.29) is 5.66 Å². The molecule has 0 aliphatic carbocycles. The summed E-state index contributed by atoms with van der Waals surface area (Å²) in [7, 11) is 0. The fourth-order valence-electron chi connectivity index (χ4n) is 1.49. The van der Waals surface area contributed by atoms with Gasteiger partial charge >= 0.3 is 0 Å². The molecule has 0 spiro atoms. The number of hydrogen-bond acceptors (Lipinski definition) is 2. The highest BCUT2D eigenvalue weighted by Crippen LogP contribution is 2.28. The second-order valence-corrected chi connectivity index (χ2v) is 5.30. The Balaban J connectivity index is 2.32. The van der Waals surface area contributed by atoms with Crippen LogP contribution in [0.3, 0.4) is 0 Å². The Morgan fingerprint density at radius 2 is 1.94 bits per heavy atom. The van der Waals surface area contributed by atoms with E-state index in [1.165, 1.54) is 0 Å². The smallest absolute Gasteiger partial charge is 0.189 e. The molecule has 0 saturated carbocycles. The van der Waals surface area contributed by atoms with Crippen molar-refractivity contribution in [1.29, 1.82) is 0 Å². The van der Waals surface area contributed by atoms with E-state index in [1.54, 1.807) is 17.1 Å². The molecule has 1 aliphatic heterocycles. The van der Waals surface area contributed by atoms with Gasteiger partial charge in [0.05, 0.1) is 15.7 Å². The summed E-state index contributed by atoms with van der Waals surface area (Å²) in [6, 6.07) is 5.37. The van der Waals surface area contributed by atoms with Crippen LogP contribution in [0.25, 0.3) is 0 Å². The molecule has 1 aromatic carbocycles. The molecular formula is C10H11Cl2N3S. The van der Waals surface area contributed by atoms with E-state index in [1.807, 2.05) is 19.9 Å². The highest BCUT2D eigenvalue weighted by Gasteiger charge is 2.32. The fraction of sp³-hybridized carbons (Fsp3) is 0.300. The summed E-state index contributed by atoms with van der Waals surface area (Å²) in [6.07, 6.45) is 0. The van der Waals surface area contributed by atoms with Crippen molar-refractivity contribution in [1.82, 2.24) is 10.7 Å². The van der Waals surface area contributed by atoms with E-state index in [4.69, 9.17) is 35.4 Å². The second-order valence-electron chi connectivity index (χ2n) is 4.10. The third kappa shape index (κ3) is 2.25. The molecule has 2 N–H and O–H groups in total. The average Bonchev–Trinajstić information content (AvgIpc) is 2.45. The van der Waals surface area contributed by atoms with Gasteiger partial charge in [0.15, 0.2) is 5.11 Å². The maximum Gasteiger partial charge on any atom is 0.189 e. The first-order valence-corrected chi connectivity index (χ1v) is 5.91. The highest BCUT2D eigenvalue weighted by atomic mass is 35.5. The van der Waals surface area contributed by atoms with Gasteiger partial charge in [0.2, 0.25) is 0 Å². The Labute approximate surface area is 110 Å². The number of rotatable bonds is 1. The molecule has 6 heteroatoms. The highest BCUT2D eigenvalue weighted by molar-refractivity contribution is 7.80. The summed E-state index contributed by atoms with van der Waals surface area (Å²) in [5, 5.41) is 6.57. The summed E-state index contributed by atoms with van der Waals surface area (Å²) in [6.45, 7) is 3.99.